The minimum Gasteiger partial charge on any atom is -0.494 e. The maximum atomic E-state index is 12.3. The van der Waals surface area contributed by atoms with Gasteiger partial charge in [-0.2, -0.15) is 0 Å². The van der Waals surface area contributed by atoms with Crippen molar-refractivity contribution in [3.8, 4) is 5.75 Å². The molecule has 0 spiro atoms. The van der Waals surface area contributed by atoms with Crippen molar-refractivity contribution in [1.29, 1.82) is 0 Å². The fourth-order valence-corrected chi connectivity index (χ4v) is 3.67. The number of nitrogens with one attached hydrogen (secondary N) is 1. The van der Waals surface area contributed by atoms with Crippen LogP contribution in [0.4, 0.5) is 5.13 Å². The summed E-state index contributed by atoms with van der Waals surface area (Å²) >= 11 is 1.38. The van der Waals surface area contributed by atoms with Crippen molar-refractivity contribution in [2.24, 2.45) is 11.7 Å². The number of benzene rings is 1. The number of hydrogen-bond donors (Lipinski definition) is 2. The normalized spacial score (nSPS) is 17.1. The van der Waals surface area contributed by atoms with E-state index in [1.807, 2.05) is 25.1 Å². The number of primary amides is 1. The molecule has 132 valence electrons. The minimum atomic E-state index is -0.620. The molecular formula is C16H18N4O4S. The second-order valence-electron chi connectivity index (χ2n) is 5.65. The van der Waals surface area contributed by atoms with Crippen molar-refractivity contribution in [1.82, 2.24) is 10.3 Å². The lowest BCUT2D eigenvalue weighted by Crippen LogP contribution is -2.38. The van der Waals surface area contributed by atoms with Gasteiger partial charge in [-0.25, -0.2) is 4.98 Å². The highest BCUT2D eigenvalue weighted by molar-refractivity contribution is 7.22. The number of anilines is 1. The van der Waals surface area contributed by atoms with Crippen molar-refractivity contribution < 1.29 is 19.1 Å². The molecule has 1 atom stereocenters. The van der Waals surface area contributed by atoms with Crippen LogP contribution in [0.25, 0.3) is 10.2 Å². The Morgan fingerprint density at radius 2 is 2.28 bits per heavy atom. The Hall–Kier alpha value is -2.68. The van der Waals surface area contributed by atoms with Gasteiger partial charge in [0.2, 0.25) is 17.7 Å². The molecule has 3 rings (SSSR count). The molecule has 1 saturated heterocycles. The highest BCUT2D eigenvalue weighted by Crippen LogP contribution is 2.34. The monoisotopic (exact) mass is 362 g/mol. The molecule has 8 nitrogen and oxygen atoms in total. The van der Waals surface area contributed by atoms with Crippen LogP contribution in [0.3, 0.4) is 0 Å². The Bertz CT molecular complexity index is 835. The van der Waals surface area contributed by atoms with Gasteiger partial charge in [0, 0.05) is 13.0 Å². The molecule has 0 saturated carbocycles. The molecule has 9 heteroatoms. The predicted molar refractivity (Wildman–Crippen MR) is 93.5 cm³/mol. The van der Waals surface area contributed by atoms with E-state index in [2.05, 4.69) is 10.3 Å². The van der Waals surface area contributed by atoms with Gasteiger partial charge in [-0.05, 0) is 25.1 Å². The Morgan fingerprint density at radius 1 is 1.48 bits per heavy atom. The molecule has 1 aliphatic rings. The number of ether oxygens (including phenoxy) is 1. The molecule has 3 amide bonds. The van der Waals surface area contributed by atoms with Crippen LogP contribution in [0, 0.1) is 5.92 Å². The molecule has 3 N–H and O–H groups in total. The first-order valence-electron chi connectivity index (χ1n) is 7.87. The van der Waals surface area contributed by atoms with Gasteiger partial charge in [-0.1, -0.05) is 11.3 Å². The van der Waals surface area contributed by atoms with Crippen LogP contribution >= 0.6 is 11.3 Å². The van der Waals surface area contributed by atoms with Crippen molar-refractivity contribution in [3.05, 3.63) is 18.2 Å². The number of amides is 3. The zero-order valence-corrected chi connectivity index (χ0v) is 14.5. The van der Waals surface area contributed by atoms with Crippen molar-refractivity contribution in [2.75, 3.05) is 24.6 Å². The molecule has 2 heterocycles. The first-order chi connectivity index (χ1) is 12.0. The molecule has 1 aromatic heterocycles. The first kappa shape index (κ1) is 17.2. The van der Waals surface area contributed by atoms with Crippen molar-refractivity contribution in [3.63, 3.8) is 0 Å². The first-order valence-corrected chi connectivity index (χ1v) is 8.69. The number of fused-ring (bicyclic) bond motifs is 1. The standard InChI is InChI=1S/C16H18N4O4S/c1-2-24-10-3-4-11-12(6-10)25-16(19-11)20-8-9(5-14(20)22)15(23)18-7-13(17)21/h3-4,6,9H,2,5,7-8H2,1H3,(H2,17,21)(H,18,23). The number of hydrogen-bond acceptors (Lipinski definition) is 6. The third-order valence-corrected chi connectivity index (χ3v) is 4.86. The van der Waals surface area contributed by atoms with E-state index >= 15 is 0 Å². The maximum Gasteiger partial charge on any atom is 0.236 e. The van der Waals surface area contributed by atoms with E-state index in [0.717, 1.165) is 16.0 Å². The summed E-state index contributed by atoms with van der Waals surface area (Å²) in [6, 6.07) is 5.57. The van der Waals surface area contributed by atoms with Crippen LogP contribution in [0.2, 0.25) is 0 Å². The zero-order chi connectivity index (χ0) is 18.0. The van der Waals surface area contributed by atoms with E-state index in [1.54, 1.807) is 0 Å². The van der Waals surface area contributed by atoms with E-state index in [-0.39, 0.29) is 31.3 Å². The molecular weight excluding hydrogens is 344 g/mol. The van der Waals surface area contributed by atoms with Gasteiger partial charge in [0.05, 0.1) is 29.3 Å². The summed E-state index contributed by atoms with van der Waals surface area (Å²) in [7, 11) is 0. The summed E-state index contributed by atoms with van der Waals surface area (Å²) < 4.78 is 6.38. The number of nitrogens with two attached hydrogens (primary N) is 1. The van der Waals surface area contributed by atoms with Crippen LogP contribution in [-0.2, 0) is 14.4 Å². The highest BCUT2D eigenvalue weighted by atomic mass is 32.1. The molecule has 1 aromatic carbocycles. The summed E-state index contributed by atoms with van der Waals surface area (Å²) in [6.07, 6.45) is 0.0880. The summed E-state index contributed by atoms with van der Waals surface area (Å²) in [5.41, 5.74) is 5.79. The second kappa shape index (κ2) is 7.06. The number of aromatic nitrogens is 1. The van der Waals surface area contributed by atoms with Gasteiger partial charge in [-0.3, -0.25) is 19.3 Å². The van der Waals surface area contributed by atoms with Crippen LogP contribution in [0.5, 0.6) is 5.75 Å². The highest BCUT2D eigenvalue weighted by Gasteiger charge is 2.36. The zero-order valence-electron chi connectivity index (χ0n) is 13.7. The van der Waals surface area contributed by atoms with Crippen LogP contribution in [0.1, 0.15) is 13.3 Å². The summed E-state index contributed by atoms with van der Waals surface area (Å²) in [4.78, 5) is 41.0. The fraction of sp³-hybridized carbons (Fsp3) is 0.375. The Labute approximate surface area is 147 Å². The smallest absolute Gasteiger partial charge is 0.236 e. The number of carbonyl (C=O) groups is 3. The van der Waals surface area contributed by atoms with Crippen LogP contribution in [0.15, 0.2) is 18.2 Å². The van der Waals surface area contributed by atoms with E-state index in [0.29, 0.717) is 11.7 Å². The van der Waals surface area contributed by atoms with Gasteiger partial charge in [-0.15, -0.1) is 0 Å². The molecule has 0 aliphatic carbocycles. The number of nitrogens with zero attached hydrogens (tertiary/aromatic N) is 2. The SMILES string of the molecule is CCOc1ccc2nc(N3CC(C(=O)NCC(N)=O)CC3=O)sc2c1. The fourth-order valence-electron chi connectivity index (χ4n) is 2.65. The lowest BCUT2D eigenvalue weighted by atomic mass is 10.1. The Balaban J connectivity index is 1.75. The Morgan fingerprint density at radius 3 is 3.00 bits per heavy atom. The maximum absolute atomic E-state index is 12.3. The summed E-state index contributed by atoms with van der Waals surface area (Å²) in [6.45, 7) is 2.49. The largest absolute Gasteiger partial charge is 0.494 e. The molecule has 1 fully saturated rings. The van der Waals surface area contributed by atoms with Crippen LogP contribution < -0.4 is 20.7 Å². The molecule has 1 aliphatic heterocycles. The van der Waals surface area contributed by atoms with Gasteiger partial charge >= 0.3 is 0 Å². The summed E-state index contributed by atoms with van der Waals surface area (Å²) in [5, 5.41) is 2.99. The van der Waals surface area contributed by atoms with Crippen molar-refractivity contribution >= 4 is 44.4 Å². The minimum absolute atomic E-state index is 0.0880. The third-order valence-electron chi connectivity index (χ3n) is 3.82. The number of thiazole rings is 1. The number of rotatable bonds is 6. The van der Waals surface area contributed by atoms with Gasteiger partial charge in [0.15, 0.2) is 5.13 Å². The molecule has 0 radical (unpaired) electrons. The van der Waals surface area contributed by atoms with Gasteiger partial charge in [0.1, 0.15) is 5.75 Å². The predicted octanol–water partition coefficient (Wildman–Crippen LogP) is 0.649. The second-order valence-corrected chi connectivity index (χ2v) is 6.66. The molecule has 2 aromatic rings. The average Bonchev–Trinajstić information content (AvgIpc) is 3.15. The van der Waals surface area contributed by atoms with E-state index in [9.17, 15) is 14.4 Å². The quantitative estimate of drug-likeness (QED) is 0.783. The lowest BCUT2D eigenvalue weighted by Gasteiger charge is -2.12. The average molecular weight is 362 g/mol. The number of carbonyl (C=O) groups excluding carboxylic acids is 3. The van der Waals surface area contributed by atoms with Gasteiger partial charge in [0.25, 0.3) is 0 Å². The summed E-state index contributed by atoms with van der Waals surface area (Å²) in [5.74, 6) is -0.900. The Kier molecular flexibility index (Phi) is 4.84. The van der Waals surface area contributed by atoms with E-state index in [1.165, 1.54) is 16.2 Å². The third kappa shape index (κ3) is 3.71. The van der Waals surface area contributed by atoms with Crippen molar-refractivity contribution in [2.45, 2.75) is 13.3 Å². The topological polar surface area (TPSA) is 115 Å². The molecule has 25 heavy (non-hydrogen) atoms. The van der Waals surface area contributed by atoms with E-state index < -0.39 is 11.8 Å². The van der Waals surface area contributed by atoms with Gasteiger partial charge < -0.3 is 15.8 Å². The lowest BCUT2D eigenvalue weighted by molar-refractivity contribution is -0.128. The van der Waals surface area contributed by atoms with Crippen LogP contribution in [-0.4, -0.2) is 42.4 Å². The molecule has 1 unspecified atom stereocenters. The molecule has 0 bridgehead atoms. The van der Waals surface area contributed by atoms with E-state index in [4.69, 9.17) is 10.5 Å².